The molecule has 138 valence electrons. The minimum atomic E-state index is -0.459. The summed E-state index contributed by atoms with van der Waals surface area (Å²) < 4.78 is 2.49. The van der Waals surface area contributed by atoms with E-state index in [1.165, 1.54) is 16.8 Å². The molecule has 1 aliphatic rings. The third-order valence-electron chi connectivity index (χ3n) is 4.77. The molecule has 1 fully saturated rings. The fraction of sp³-hybridized carbons (Fsp3) is 0.421. The number of benzene rings is 1. The summed E-state index contributed by atoms with van der Waals surface area (Å²) in [5.74, 6) is -0.181. The lowest BCUT2D eigenvalue weighted by Crippen LogP contribution is -2.47. The Hall–Kier alpha value is -2.67. The molecule has 1 aromatic carbocycles. The standard InChI is InChI=1S/C19H24N4O3/c1-20-12-16-8-5-10-22(16)18(25)14-23-17(24)9-11-21(19(23)26)13-15-6-3-2-4-7-15/h2-4,6-7,9,11,16,20H,5,8,10,12-14H2,1H3. The van der Waals surface area contributed by atoms with E-state index in [2.05, 4.69) is 5.32 Å². The summed E-state index contributed by atoms with van der Waals surface area (Å²) in [7, 11) is 1.85. The Balaban J connectivity index is 1.81. The van der Waals surface area contributed by atoms with E-state index in [-0.39, 0.29) is 18.5 Å². The molecule has 0 aliphatic carbocycles. The van der Waals surface area contributed by atoms with E-state index in [0.29, 0.717) is 19.6 Å². The highest BCUT2D eigenvalue weighted by Gasteiger charge is 2.28. The molecule has 0 bridgehead atoms. The molecular weight excluding hydrogens is 332 g/mol. The van der Waals surface area contributed by atoms with Gasteiger partial charge in [-0.15, -0.1) is 0 Å². The average molecular weight is 356 g/mol. The van der Waals surface area contributed by atoms with Crippen molar-refractivity contribution >= 4 is 5.91 Å². The first-order chi connectivity index (χ1) is 12.6. The van der Waals surface area contributed by atoms with E-state index < -0.39 is 11.2 Å². The molecule has 0 radical (unpaired) electrons. The van der Waals surface area contributed by atoms with Crippen LogP contribution in [0.5, 0.6) is 0 Å². The van der Waals surface area contributed by atoms with Gasteiger partial charge in [-0.2, -0.15) is 0 Å². The SMILES string of the molecule is CNCC1CCCN1C(=O)Cn1c(=O)ccn(Cc2ccccc2)c1=O. The second-order valence-corrected chi connectivity index (χ2v) is 6.58. The molecular formula is C19H24N4O3. The maximum absolute atomic E-state index is 12.7. The third-order valence-corrected chi connectivity index (χ3v) is 4.77. The predicted octanol–water partition coefficient (Wildman–Crippen LogP) is 0.269. The average Bonchev–Trinajstić information content (AvgIpc) is 3.10. The molecule has 1 saturated heterocycles. The first-order valence-corrected chi connectivity index (χ1v) is 8.88. The second kappa shape index (κ2) is 8.14. The first kappa shape index (κ1) is 18.1. The highest BCUT2D eigenvalue weighted by atomic mass is 16.2. The van der Waals surface area contributed by atoms with E-state index >= 15 is 0 Å². The molecule has 2 aromatic rings. The normalized spacial score (nSPS) is 16.8. The van der Waals surface area contributed by atoms with Crippen LogP contribution in [0.1, 0.15) is 18.4 Å². The van der Waals surface area contributed by atoms with Gasteiger partial charge in [0.05, 0.1) is 6.54 Å². The summed E-state index contributed by atoms with van der Waals surface area (Å²) in [6, 6.07) is 11.0. The predicted molar refractivity (Wildman–Crippen MR) is 99.2 cm³/mol. The van der Waals surface area contributed by atoms with Crippen LogP contribution < -0.4 is 16.6 Å². The molecule has 7 nitrogen and oxygen atoms in total. The van der Waals surface area contributed by atoms with Crippen LogP contribution in [0.25, 0.3) is 0 Å². The van der Waals surface area contributed by atoms with Crippen molar-refractivity contribution in [1.82, 2.24) is 19.4 Å². The first-order valence-electron chi connectivity index (χ1n) is 8.88. The molecule has 26 heavy (non-hydrogen) atoms. The number of hydrogen-bond donors (Lipinski definition) is 1. The van der Waals surface area contributed by atoms with Crippen LogP contribution in [-0.2, 0) is 17.9 Å². The zero-order chi connectivity index (χ0) is 18.5. The zero-order valence-corrected chi connectivity index (χ0v) is 14.9. The van der Waals surface area contributed by atoms with Crippen LogP contribution in [0.2, 0.25) is 0 Å². The van der Waals surface area contributed by atoms with Gasteiger partial charge in [0.1, 0.15) is 6.54 Å². The highest BCUT2D eigenvalue weighted by molar-refractivity contribution is 5.76. The molecule has 1 aliphatic heterocycles. The minimum absolute atomic E-state index is 0.124. The molecule has 1 unspecified atom stereocenters. The molecule has 2 heterocycles. The van der Waals surface area contributed by atoms with Gasteiger partial charge in [0.2, 0.25) is 5.91 Å². The van der Waals surface area contributed by atoms with Crippen molar-refractivity contribution in [3.05, 3.63) is 69.0 Å². The van der Waals surface area contributed by atoms with Crippen molar-refractivity contribution < 1.29 is 4.79 Å². The van der Waals surface area contributed by atoms with Gasteiger partial charge in [0.25, 0.3) is 5.56 Å². The number of carbonyl (C=O) groups is 1. The quantitative estimate of drug-likeness (QED) is 0.806. The van der Waals surface area contributed by atoms with Crippen LogP contribution in [0.3, 0.4) is 0 Å². The Bertz CT molecular complexity index is 872. The number of hydrogen-bond acceptors (Lipinski definition) is 4. The number of aromatic nitrogens is 2. The molecule has 0 spiro atoms. The summed E-state index contributed by atoms with van der Waals surface area (Å²) in [6.45, 7) is 1.53. The van der Waals surface area contributed by atoms with Crippen molar-refractivity contribution in [1.29, 1.82) is 0 Å². The van der Waals surface area contributed by atoms with Gasteiger partial charge < -0.3 is 10.2 Å². The van der Waals surface area contributed by atoms with Gasteiger partial charge in [0, 0.05) is 31.4 Å². The number of likely N-dealkylation sites (N-methyl/N-ethyl adjacent to an activating group) is 1. The third kappa shape index (κ3) is 3.94. The number of carbonyl (C=O) groups excluding carboxylic acids is 1. The number of likely N-dealkylation sites (tertiary alicyclic amines) is 1. The molecule has 1 amide bonds. The maximum atomic E-state index is 12.7. The smallest absolute Gasteiger partial charge is 0.331 e. The molecule has 1 aromatic heterocycles. The van der Waals surface area contributed by atoms with Crippen LogP contribution in [0.15, 0.2) is 52.2 Å². The van der Waals surface area contributed by atoms with Crippen LogP contribution in [0.4, 0.5) is 0 Å². The molecule has 3 rings (SSSR count). The molecule has 0 saturated carbocycles. The van der Waals surface area contributed by atoms with Gasteiger partial charge in [-0.05, 0) is 25.5 Å². The number of nitrogens with zero attached hydrogens (tertiary/aromatic N) is 3. The number of rotatable bonds is 6. The van der Waals surface area contributed by atoms with Crippen LogP contribution >= 0.6 is 0 Å². The van der Waals surface area contributed by atoms with Crippen LogP contribution in [0, 0.1) is 0 Å². The van der Waals surface area contributed by atoms with Gasteiger partial charge >= 0.3 is 5.69 Å². The zero-order valence-electron chi connectivity index (χ0n) is 14.9. The summed E-state index contributed by atoms with van der Waals surface area (Å²) in [5, 5.41) is 3.09. The summed E-state index contributed by atoms with van der Waals surface area (Å²) >= 11 is 0. The summed E-state index contributed by atoms with van der Waals surface area (Å²) in [5.41, 5.74) is 0.0517. The van der Waals surface area contributed by atoms with E-state index in [9.17, 15) is 14.4 Å². The van der Waals surface area contributed by atoms with E-state index in [4.69, 9.17) is 0 Å². The summed E-state index contributed by atoms with van der Waals surface area (Å²) in [4.78, 5) is 39.3. The van der Waals surface area contributed by atoms with Crippen molar-refractivity contribution in [3.8, 4) is 0 Å². The Morgan fingerprint density at radius 1 is 1.19 bits per heavy atom. The van der Waals surface area contributed by atoms with Gasteiger partial charge in [-0.3, -0.25) is 18.7 Å². The molecule has 1 atom stereocenters. The van der Waals surface area contributed by atoms with E-state index in [1.54, 1.807) is 4.90 Å². The molecule has 1 N–H and O–H groups in total. The number of nitrogens with one attached hydrogen (secondary N) is 1. The Morgan fingerprint density at radius 3 is 2.69 bits per heavy atom. The van der Waals surface area contributed by atoms with Crippen molar-refractivity contribution in [2.45, 2.75) is 32.0 Å². The summed E-state index contributed by atoms with van der Waals surface area (Å²) in [6.07, 6.45) is 3.37. The Morgan fingerprint density at radius 2 is 1.96 bits per heavy atom. The minimum Gasteiger partial charge on any atom is -0.337 e. The van der Waals surface area contributed by atoms with E-state index in [0.717, 1.165) is 23.0 Å². The van der Waals surface area contributed by atoms with Crippen molar-refractivity contribution in [2.75, 3.05) is 20.1 Å². The molecule has 7 heteroatoms. The lowest BCUT2D eigenvalue weighted by Gasteiger charge is -2.24. The van der Waals surface area contributed by atoms with Gasteiger partial charge in [-0.1, -0.05) is 30.3 Å². The number of amides is 1. The van der Waals surface area contributed by atoms with Crippen molar-refractivity contribution in [2.24, 2.45) is 0 Å². The second-order valence-electron chi connectivity index (χ2n) is 6.58. The van der Waals surface area contributed by atoms with E-state index in [1.807, 2.05) is 37.4 Å². The lowest BCUT2D eigenvalue weighted by atomic mass is 10.2. The van der Waals surface area contributed by atoms with Gasteiger partial charge in [0.15, 0.2) is 0 Å². The fourth-order valence-corrected chi connectivity index (χ4v) is 3.44. The largest absolute Gasteiger partial charge is 0.337 e. The Kier molecular flexibility index (Phi) is 5.68. The lowest BCUT2D eigenvalue weighted by molar-refractivity contribution is -0.132. The Labute approximate surface area is 151 Å². The van der Waals surface area contributed by atoms with Crippen molar-refractivity contribution in [3.63, 3.8) is 0 Å². The van der Waals surface area contributed by atoms with Gasteiger partial charge in [-0.25, -0.2) is 4.79 Å². The fourth-order valence-electron chi connectivity index (χ4n) is 3.44. The monoisotopic (exact) mass is 356 g/mol. The highest BCUT2D eigenvalue weighted by Crippen LogP contribution is 2.16. The topological polar surface area (TPSA) is 76.3 Å². The van der Waals surface area contributed by atoms with Crippen LogP contribution in [-0.4, -0.2) is 46.1 Å². The maximum Gasteiger partial charge on any atom is 0.331 e.